The second kappa shape index (κ2) is 6.54. The quantitative estimate of drug-likeness (QED) is 0.728. The molecule has 1 aromatic rings. The van der Waals surface area contributed by atoms with Crippen LogP contribution in [0.3, 0.4) is 0 Å². The number of ether oxygens (including phenoxy) is 2. The van der Waals surface area contributed by atoms with Crippen LogP contribution in [0.4, 0.5) is 5.69 Å². The number of carbonyl (C=O) groups excluding carboxylic acids is 2. The minimum absolute atomic E-state index is 0.00287. The van der Waals surface area contributed by atoms with Crippen LogP contribution in [0.1, 0.15) is 32.3 Å². The molecule has 0 aromatic heterocycles. The van der Waals surface area contributed by atoms with Gasteiger partial charge in [-0.15, -0.1) is 0 Å². The lowest BCUT2D eigenvalue weighted by Crippen LogP contribution is -2.65. The highest BCUT2D eigenvalue weighted by atomic mass is 16.5. The van der Waals surface area contributed by atoms with E-state index in [1.807, 2.05) is 29.8 Å². The second-order valence-corrected chi connectivity index (χ2v) is 9.30. The SMILES string of the molecule is COC1CC23CCN(C)C(=O)[C@@H]4[C@H]1[C@@H](CO[C@@H]4C)[C@@H]2N(C(C)=O)c1ccccc13. The van der Waals surface area contributed by atoms with Crippen molar-refractivity contribution in [3.8, 4) is 0 Å². The van der Waals surface area contributed by atoms with Crippen LogP contribution < -0.4 is 4.90 Å². The Hall–Kier alpha value is -1.92. The lowest BCUT2D eigenvalue weighted by Gasteiger charge is -2.56. The van der Waals surface area contributed by atoms with Gasteiger partial charge in [0, 0.05) is 50.6 Å². The molecule has 0 radical (unpaired) electrons. The smallest absolute Gasteiger partial charge is 0.228 e. The van der Waals surface area contributed by atoms with Gasteiger partial charge in [0.05, 0.1) is 30.8 Å². The summed E-state index contributed by atoms with van der Waals surface area (Å²) in [5.74, 6) is 0.0898. The van der Waals surface area contributed by atoms with Crippen molar-refractivity contribution in [2.45, 2.75) is 50.4 Å². The molecule has 6 heteroatoms. The zero-order chi connectivity index (χ0) is 20.5. The molecule has 2 saturated heterocycles. The average Bonchev–Trinajstić information content (AvgIpc) is 3.03. The molecule has 0 N–H and O–H groups in total. The van der Waals surface area contributed by atoms with Gasteiger partial charge >= 0.3 is 0 Å². The van der Waals surface area contributed by atoms with Gasteiger partial charge in [0.2, 0.25) is 11.8 Å². The topological polar surface area (TPSA) is 59.1 Å². The molecule has 4 aliphatic rings. The number of fused-ring (bicyclic) bond motifs is 3. The summed E-state index contributed by atoms with van der Waals surface area (Å²) in [5.41, 5.74) is 2.01. The van der Waals surface area contributed by atoms with Gasteiger partial charge in [-0.1, -0.05) is 18.2 Å². The van der Waals surface area contributed by atoms with Crippen molar-refractivity contribution in [2.75, 3.05) is 32.2 Å². The van der Waals surface area contributed by atoms with Gasteiger partial charge in [0.15, 0.2) is 0 Å². The number of amides is 2. The average molecular weight is 399 g/mol. The van der Waals surface area contributed by atoms with Crippen molar-refractivity contribution in [3.63, 3.8) is 0 Å². The van der Waals surface area contributed by atoms with Gasteiger partial charge in [0.1, 0.15) is 0 Å². The third-order valence-electron chi connectivity index (χ3n) is 8.11. The number of nitrogens with zero attached hydrogens (tertiary/aromatic N) is 2. The molecule has 1 aromatic carbocycles. The molecule has 29 heavy (non-hydrogen) atoms. The Morgan fingerprint density at radius 1 is 1.31 bits per heavy atom. The Labute approximate surface area is 172 Å². The van der Waals surface area contributed by atoms with Gasteiger partial charge in [-0.3, -0.25) is 9.59 Å². The molecular weight excluding hydrogens is 368 g/mol. The fourth-order valence-electron chi connectivity index (χ4n) is 6.94. The third-order valence-corrected chi connectivity index (χ3v) is 8.11. The van der Waals surface area contributed by atoms with Crippen molar-refractivity contribution in [1.29, 1.82) is 0 Å². The minimum atomic E-state index is -0.239. The van der Waals surface area contributed by atoms with Gasteiger partial charge in [0.25, 0.3) is 0 Å². The number of para-hydroxylation sites is 1. The first-order chi connectivity index (χ1) is 13.9. The zero-order valence-electron chi connectivity index (χ0n) is 17.6. The molecule has 2 unspecified atom stereocenters. The highest BCUT2D eigenvalue weighted by molar-refractivity contribution is 5.96. The van der Waals surface area contributed by atoms with E-state index in [9.17, 15) is 9.59 Å². The van der Waals surface area contributed by atoms with Crippen LogP contribution >= 0.6 is 0 Å². The zero-order valence-corrected chi connectivity index (χ0v) is 17.6. The van der Waals surface area contributed by atoms with Crippen molar-refractivity contribution < 1.29 is 19.1 Å². The monoisotopic (exact) mass is 398 g/mol. The molecule has 7 atom stereocenters. The molecule has 3 aliphatic heterocycles. The van der Waals surface area contributed by atoms with E-state index in [-0.39, 0.29) is 53.2 Å². The summed E-state index contributed by atoms with van der Waals surface area (Å²) >= 11 is 0. The van der Waals surface area contributed by atoms with Crippen LogP contribution in [0.15, 0.2) is 24.3 Å². The molecule has 2 bridgehead atoms. The van der Waals surface area contributed by atoms with E-state index < -0.39 is 0 Å². The van der Waals surface area contributed by atoms with Gasteiger partial charge < -0.3 is 19.3 Å². The normalized spacial score (nSPS) is 40.8. The Kier molecular flexibility index (Phi) is 4.30. The van der Waals surface area contributed by atoms with Crippen molar-refractivity contribution in [2.24, 2.45) is 17.8 Å². The summed E-state index contributed by atoms with van der Waals surface area (Å²) < 4.78 is 12.3. The minimum Gasteiger partial charge on any atom is -0.381 e. The molecule has 1 spiro atoms. The van der Waals surface area contributed by atoms with E-state index in [2.05, 4.69) is 18.2 Å². The third kappa shape index (κ3) is 2.42. The van der Waals surface area contributed by atoms with E-state index in [0.29, 0.717) is 13.2 Å². The summed E-state index contributed by atoms with van der Waals surface area (Å²) in [6.07, 6.45) is 1.48. The molecular formula is C23H30N2O4. The maximum atomic E-state index is 13.4. The fraction of sp³-hybridized carbons (Fsp3) is 0.652. The van der Waals surface area contributed by atoms with Crippen molar-refractivity contribution >= 4 is 17.5 Å². The van der Waals surface area contributed by atoms with E-state index in [1.54, 1.807) is 14.0 Å². The molecule has 1 saturated carbocycles. The number of anilines is 1. The van der Waals surface area contributed by atoms with Gasteiger partial charge in [-0.05, 0) is 31.4 Å². The first-order valence-electron chi connectivity index (χ1n) is 10.7. The molecule has 3 heterocycles. The molecule has 1 aliphatic carbocycles. The van der Waals surface area contributed by atoms with E-state index >= 15 is 0 Å². The Morgan fingerprint density at radius 2 is 2.07 bits per heavy atom. The number of carbonyl (C=O) groups is 2. The van der Waals surface area contributed by atoms with Crippen LogP contribution in [0.2, 0.25) is 0 Å². The Morgan fingerprint density at radius 3 is 2.79 bits per heavy atom. The van der Waals surface area contributed by atoms with Crippen molar-refractivity contribution in [1.82, 2.24) is 4.90 Å². The largest absolute Gasteiger partial charge is 0.381 e. The summed E-state index contributed by atoms with van der Waals surface area (Å²) in [5, 5.41) is 0. The number of hydrogen-bond donors (Lipinski definition) is 0. The summed E-state index contributed by atoms with van der Waals surface area (Å²) in [4.78, 5) is 30.2. The van der Waals surface area contributed by atoms with Gasteiger partial charge in [-0.2, -0.15) is 0 Å². The number of methoxy groups -OCH3 is 1. The number of rotatable bonds is 1. The number of benzene rings is 1. The van der Waals surface area contributed by atoms with Crippen molar-refractivity contribution in [3.05, 3.63) is 29.8 Å². The molecule has 3 fully saturated rings. The van der Waals surface area contributed by atoms with Crippen LogP contribution in [0, 0.1) is 17.8 Å². The second-order valence-electron chi connectivity index (χ2n) is 9.30. The van der Waals surface area contributed by atoms with E-state index in [1.165, 1.54) is 5.56 Å². The highest BCUT2D eigenvalue weighted by Gasteiger charge is 2.65. The molecule has 2 amide bonds. The Balaban J connectivity index is 1.76. The predicted molar refractivity (Wildman–Crippen MR) is 109 cm³/mol. The maximum absolute atomic E-state index is 13.4. The molecule has 5 rings (SSSR count). The molecule has 6 nitrogen and oxygen atoms in total. The molecule has 156 valence electrons. The standard InChI is InChI=1S/C23H30N2O4/c1-13-19-20-15(12-29-13)21-23(11-18(20)28-4,9-10-24(3)22(19)27)16-7-5-6-8-17(16)25(21)14(2)26/h5-8,13,15,18-21H,9-12H2,1-4H3/t13-,15-,18?,19+,20+,21+,23?/m1/s1. The fourth-order valence-corrected chi connectivity index (χ4v) is 6.94. The highest BCUT2D eigenvalue weighted by Crippen LogP contribution is 2.60. The summed E-state index contributed by atoms with van der Waals surface area (Å²) in [7, 11) is 3.67. The predicted octanol–water partition coefficient (Wildman–Crippen LogP) is 2.21. The first kappa shape index (κ1) is 19.1. The van der Waals surface area contributed by atoms with Crippen LogP contribution in [-0.4, -0.2) is 62.3 Å². The lowest BCUT2D eigenvalue weighted by molar-refractivity contribution is -0.175. The van der Waals surface area contributed by atoms with E-state index in [4.69, 9.17) is 9.47 Å². The summed E-state index contributed by atoms with van der Waals surface area (Å²) in [6, 6.07) is 8.31. The van der Waals surface area contributed by atoms with Gasteiger partial charge in [-0.25, -0.2) is 0 Å². The summed E-state index contributed by atoms with van der Waals surface area (Å²) in [6.45, 7) is 4.90. The van der Waals surface area contributed by atoms with E-state index in [0.717, 1.165) is 18.5 Å². The number of hydrogen-bond acceptors (Lipinski definition) is 4. The first-order valence-corrected chi connectivity index (χ1v) is 10.7. The Bertz CT molecular complexity index is 857. The lowest BCUT2D eigenvalue weighted by atomic mass is 9.55. The van der Waals surface area contributed by atoms with Crippen LogP contribution in [0.25, 0.3) is 0 Å². The van der Waals surface area contributed by atoms with Crippen LogP contribution in [0.5, 0.6) is 0 Å². The maximum Gasteiger partial charge on any atom is 0.228 e. The van der Waals surface area contributed by atoms with Crippen LogP contribution in [-0.2, 0) is 24.5 Å².